The van der Waals surface area contributed by atoms with Crippen LogP contribution in [0.25, 0.3) is 0 Å². The molecular weight excluding hydrogens is 234 g/mol. The molecule has 0 saturated carbocycles. The van der Waals surface area contributed by atoms with Crippen LogP contribution >= 0.6 is 23.3 Å². The highest BCUT2D eigenvalue weighted by Gasteiger charge is 2.06. The molecule has 7 heteroatoms. The molecule has 0 saturated heterocycles. The first-order valence-corrected chi connectivity index (χ1v) is 6.35. The number of hydrogen-bond acceptors (Lipinski definition) is 6. The molecule has 84 valence electrons. The van der Waals surface area contributed by atoms with Gasteiger partial charge in [-0.05, 0) is 11.5 Å². The predicted molar refractivity (Wildman–Crippen MR) is 60.1 cm³/mol. The van der Waals surface area contributed by atoms with E-state index in [0.29, 0.717) is 12.3 Å². The Labute approximate surface area is 96.5 Å². The molecular formula is C8H13N3O2S2. The van der Waals surface area contributed by atoms with Gasteiger partial charge in [-0.2, -0.15) is 4.37 Å². The second-order valence-corrected chi connectivity index (χ2v) is 4.67. The molecule has 2 N–H and O–H groups in total. The number of carbonyl (C=O) groups excluding carboxylic acids is 1. The second-order valence-electron chi connectivity index (χ2n) is 2.69. The van der Waals surface area contributed by atoms with Crippen molar-refractivity contribution in [2.45, 2.75) is 17.7 Å². The topological polar surface area (TPSA) is 75.1 Å². The lowest BCUT2D eigenvalue weighted by molar-refractivity contribution is -0.118. The van der Waals surface area contributed by atoms with Crippen LogP contribution in [0, 0.1) is 0 Å². The van der Waals surface area contributed by atoms with Crippen molar-refractivity contribution in [2.75, 3.05) is 18.9 Å². The third-order valence-corrected chi connectivity index (χ3v) is 3.40. The van der Waals surface area contributed by atoms with Crippen molar-refractivity contribution in [1.29, 1.82) is 0 Å². The molecule has 0 fully saturated rings. The van der Waals surface area contributed by atoms with Crippen LogP contribution in [0.15, 0.2) is 4.34 Å². The van der Waals surface area contributed by atoms with Crippen LogP contribution < -0.4 is 5.32 Å². The summed E-state index contributed by atoms with van der Waals surface area (Å²) in [4.78, 5) is 15.4. The number of hydrogen-bond donors (Lipinski definition) is 2. The standard InChI is InChI=1S/C8H13N3O2S2/c1-2-6-10-8(15-11-6)14-5-7(13)9-3-4-12/h12H,2-5H2,1H3,(H,9,13). The smallest absolute Gasteiger partial charge is 0.230 e. The van der Waals surface area contributed by atoms with Gasteiger partial charge in [0.1, 0.15) is 5.82 Å². The molecule has 0 unspecified atom stereocenters. The number of aryl methyl sites for hydroxylation is 1. The molecule has 0 aliphatic heterocycles. The maximum absolute atomic E-state index is 11.2. The van der Waals surface area contributed by atoms with E-state index < -0.39 is 0 Å². The van der Waals surface area contributed by atoms with Gasteiger partial charge in [-0.15, -0.1) is 0 Å². The van der Waals surface area contributed by atoms with E-state index in [4.69, 9.17) is 5.11 Å². The van der Waals surface area contributed by atoms with Gasteiger partial charge in [0.25, 0.3) is 0 Å². The number of carbonyl (C=O) groups is 1. The number of aromatic nitrogens is 2. The molecule has 15 heavy (non-hydrogen) atoms. The summed E-state index contributed by atoms with van der Waals surface area (Å²) in [6.45, 7) is 2.26. The summed E-state index contributed by atoms with van der Waals surface area (Å²) in [7, 11) is 0. The van der Waals surface area contributed by atoms with E-state index in [1.54, 1.807) is 0 Å². The zero-order chi connectivity index (χ0) is 11.1. The molecule has 5 nitrogen and oxygen atoms in total. The SMILES string of the molecule is CCc1nsc(SCC(=O)NCCO)n1. The summed E-state index contributed by atoms with van der Waals surface area (Å²) in [6, 6.07) is 0. The summed E-state index contributed by atoms with van der Waals surface area (Å²) in [5.41, 5.74) is 0. The van der Waals surface area contributed by atoms with Crippen LogP contribution in [0.2, 0.25) is 0 Å². The monoisotopic (exact) mass is 247 g/mol. The summed E-state index contributed by atoms with van der Waals surface area (Å²) >= 11 is 2.68. The predicted octanol–water partition coefficient (Wildman–Crippen LogP) is 0.301. The zero-order valence-electron chi connectivity index (χ0n) is 8.39. The Balaban J connectivity index is 2.27. The molecule has 0 bridgehead atoms. The van der Waals surface area contributed by atoms with Crippen molar-refractivity contribution in [2.24, 2.45) is 0 Å². The first-order valence-electron chi connectivity index (χ1n) is 4.59. The molecule has 1 heterocycles. The van der Waals surface area contributed by atoms with E-state index in [1.807, 2.05) is 6.92 Å². The van der Waals surface area contributed by atoms with Crippen molar-refractivity contribution in [1.82, 2.24) is 14.7 Å². The fourth-order valence-electron chi connectivity index (χ4n) is 0.814. The van der Waals surface area contributed by atoms with Crippen LogP contribution in [-0.4, -0.2) is 39.3 Å². The van der Waals surface area contributed by atoms with Gasteiger partial charge in [0, 0.05) is 13.0 Å². The molecule has 1 amide bonds. The number of amides is 1. The normalized spacial score (nSPS) is 10.3. The van der Waals surface area contributed by atoms with Gasteiger partial charge in [-0.3, -0.25) is 4.79 Å². The van der Waals surface area contributed by atoms with Gasteiger partial charge in [0.2, 0.25) is 5.91 Å². The van der Waals surface area contributed by atoms with Gasteiger partial charge in [-0.1, -0.05) is 18.7 Å². The van der Waals surface area contributed by atoms with Gasteiger partial charge in [0.05, 0.1) is 12.4 Å². The van der Waals surface area contributed by atoms with Gasteiger partial charge in [0.15, 0.2) is 4.34 Å². The van der Waals surface area contributed by atoms with E-state index >= 15 is 0 Å². The highest BCUT2D eigenvalue weighted by molar-refractivity contribution is 8.01. The zero-order valence-corrected chi connectivity index (χ0v) is 10.0. The molecule has 1 aromatic heterocycles. The molecule has 0 aliphatic carbocycles. The Morgan fingerprint density at radius 2 is 2.47 bits per heavy atom. The minimum Gasteiger partial charge on any atom is -0.395 e. The van der Waals surface area contributed by atoms with Crippen molar-refractivity contribution >= 4 is 29.2 Å². The van der Waals surface area contributed by atoms with E-state index in [0.717, 1.165) is 16.6 Å². The van der Waals surface area contributed by atoms with E-state index in [-0.39, 0.29) is 12.5 Å². The minimum absolute atomic E-state index is 0.0325. The Morgan fingerprint density at radius 1 is 1.67 bits per heavy atom. The van der Waals surface area contributed by atoms with Crippen LogP contribution in [0.4, 0.5) is 0 Å². The number of nitrogens with one attached hydrogen (secondary N) is 1. The van der Waals surface area contributed by atoms with Crippen molar-refractivity contribution in [3.05, 3.63) is 5.82 Å². The van der Waals surface area contributed by atoms with Crippen LogP contribution in [0.5, 0.6) is 0 Å². The first kappa shape index (κ1) is 12.4. The first-order chi connectivity index (χ1) is 7.26. The van der Waals surface area contributed by atoms with Gasteiger partial charge >= 0.3 is 0 Å². The highest BCUT2D eigenvalue weighted by atomic mass is 32.2. The number of rotatable bonds is 6. The lowest BCUT2D eigenvalue weighted by Crippen LogP contribution is -2.27. The Bertz CT molecular complexity index is 317. The largest absolute Gasteiger partial charge is 0.395 e. The van der Waals surface area contributed by atoms with Crippen LogP contribution in [0.3, 0.4) is 0 Å². The third-order valence-electron chi connectivity index (χ3n) is 1.53. The number of nitrogens with zero attached hydrogens (tertiary/aromatic N) is 2. The molecule has 0 radical (unpaired) electrons. The Kier molecular flexibility index (Phi) is 5.59. The van der Waals surface area contributed by atoms with Crippen molar-refractivity contribution in [3.8, 4) is 0 Å². The lowest BCUT2D eigenvalue weighted by atomic mass is 10.5. The molecule has 1 rings (SSSR count). The Morgan fingerprint density at radius 3 is 3.07 bits per heavy atom. The number of aliphatic hydroxyl groups is 1. The fourth-order valence-corrected chi connectivity index (χ4v) is 2.34. The molecule has 1 aromatic rings. The number of aliphatic hydroxyl groups excluding tert-OH is 1. The van der Waals surface area contributed by atoms with E-state index in [1.165, 1.54) is 23.3 Å². The summed E-state index contributed by atoms with van der Waals surface area (Å²) < 4.78 is 4.92. The average Bonchev–Trinajstić information content (AvgIpc) is 2.71. The summed E-state index contributed by atoms with van der Waals surface area (Å²) in [6.07, 6.45) is 0.813. The fraction of sp³-hybridized carbons (Fsp3) is 0.625. The quantitative estimate of drug-likeness (QED) is 0.707. The maximum Gasteiger partial charge on any atom is 0.230 e. The van der Waals surface area contributed by atoms with Crippen molar-refractivity contribution < 1.29 is 9.90 Å². The van der Waals surface area contributed by atoms with Gasteiger partial charge in [-0.25, -0.2) is 4.98 Å². The molecule has 0 atom stereocenters. The van der Waals surface area contributed by atoms with Crippen LogP contribution in [-0.2, 0) is 11.2 Å². The summed E-state index contributed by atoms with van der Waals surface area (Å²) in [5, 5.41) is 11.1. The van der Waals surface area contributed by atoms with Crippen molar-refractivity contribution in [3.63, 3.8) is 0 Å². The second kappa shape index (κ2) is 6.76. The lowest BCUT2D eigenvalue weighted by Gasteiger charge is -2.00. The Hall–Kier alpha value is -0.660. The third kappa shape index (κ3) is 4.59. The number of thioether (sulfide) groups is 1. The van der Waals surface area contributed by atoms with Crippen LogP contribution in [0.1, 0.15) is 12.7 Å². The van der Waals surface area contributed by atoms with Gasteiger partial charge < -0.3 is 10.4 Å². The van der Waals surface area contributed by atoms with E-state index in [9.17, 15) is 4.79 Å². The maximum atomic E-state index is 11.2. The molecule has 0 aliphatic rings. The minimum atomic E-state index is -0.0951. The van der Waals surface area contributed by atoms with E-state index in [2.05, 4.69) is 14.7 Å². The average molecular weight is 247 g/mol. The molecule has 0 spiro atoms. The summed E-state index contributed by atoms with van der Waals surface area (Å²) in [5.74, 6) is 1.04. The highest BCUT2D eigenvalue weighted by Crippen LogP contribution is 2.19. The molecule has 0 aromatic carbocycles.